The van der Waals surface area contributed by atoms with E-state index in [9.17, 15) is 9.59 Å². The number of nitrogens with zero attached hydrogens (tertiary/aromatic N) is 1. The number of amides is 1. The molecule has 142 valence electrons. The second-order valence-corrected chi connectivity index (χ2v) is 6.35. The summed E-state index contributed by atoms with van der Waals surface area (Å²) in [5, 5.41) is 2.84. The van der Waals surface area contributed by atoms with E-state index in [1.165, 1.54) is 7.11 Å². The molecule has 1 aliphatic heterocycles. The molecular weight excluding hydrogens is 344 g/mol. The molecule has 2 aromatic carbocycles. The zero-order valence-corrected chi connectivity index (χ0v) is 15.4. The van der Waals surface area contributed by atoms with Crippen molar-refractivity contribution in [3.63, 3.8) is 0 Å². The topological polar surface area (TPSA) is 67.9 Å². The summed E-state index contributed by atoms with van der Waals surface area (Å²) in [6, 6.07) is 15.3. The molecule has 1 heterocycles. The van der Waals surface area contributed by atoms with Crippen molar-refractivity contribution in [1.29, 1.82) is 0 Å². The van der Waals surface area contributed by atoms with Gasteiger partial charge in [-0.05, 0) is 30.2 Å². The fourth-order valence-electron chi connectivity index (χ4n) is 3.05. The van der Waals surface area contributed by atoms with E-state index in [2.05, 4.69) is 10.2 Å². The monoisotopic (exact) mass is 368 g/mol. The minimum Gasteiger partial charge on any atom is -0.465 e. The fourth-order valence-corrected chi connectivity index (χ4v) is 3.05. The van der Waals surface area contributed by atoms with Crippen LogP contribution >= 0.6 is 0 Å². The highest BCUT2D eigenvalue weighted by atomic mass is 16.5. The molecule has 0 aliphatic carbocycles. The van der Waals surface area contributed by atoms with Crippen molar-refractivity contribution >= 4 is 23.3 Å². The van der Waals surface area contributed by atoms with E-state index in [0.29, 0.717) is 37.3 Å². The Bertz CT molecular complexity index is 786. The van der Waals surface area contributed by atoms with Gasteiger partial charge in [-0.15, -0.1) is 0 Å². The lowest BCUT2D eigenvalue weighted by Crippen LogP contribution is -2.36. The first-order chi connectivity index (χ1) is 13.2. The second kappa shape index (κ2) is 9.19. The summed E-state index contributed by atoms with van der Waals surface area (Å²) in [5.74, 6) is -0.605. The number of benzene rings is 2. The Labute approximate surface area is 159 Å². The maximum absolute atomic E-state index is 12.3. The standard InChI is InChI=1S/C21H24N2O4/c1-26-21(25)18-15-17(23-11-13-27-14-12-23)8-9-19(18)22-20(24)10-7-16-5-3-2-4-6-16/h2-6,8-9,15H,7,10-14H2,1H3,(H,22,24). The predicted molar refractivity (Wildman–Crippen MR) is 104 cm³/mol. The maximum atomic E-state index is 12.3. The molecule has 1 N–H and O–H groups in total. The Hall–Kier alpha value is -2.86. The van der Waals surface area contributed by atoms with Crippen LogP contribution < -0.4 is 10.2 Å². The Morgan fingerprint density at radius 1 is 1.11 bits per heavy atom. The summed E-state index contributed by atoms with van der Waals surface area (Å²) in [4.78, 5) is 26.7. The number of rotatable bonds is 6. The molecule has 1 fully saturated rings. The van der Waals surface area contributed by atoms with Gasteiger partial charge >= 0.3 is 5.97 Å². The minimum absolute atomic E-state index is 0.136. The number of carbonyl (C=O) groups excluding carboxylic acids is 2. The summed E-state index contributed by atoms with van der Waals surface area (Å²) >= 11 is 0. The van der Waals surface area contributed by atoms with Crippen LogP contribution in [0.25, 0.3) is 0 Å². The summed E-state index contributed by atoms with van der Waals surface area (Å²) in [6.45, 7) is 2.85. The summed E-state index contributed by atoms with van der Waals surface area (Å²) in [7, 11) is 1.34. The smallest absolute Gasteiger partial charge is 0.340 e. The number of aryl methyl sites for hydroxylation is 1. The summed E-state index contributed by atoms with van der Waals surface area (Å²) in [6.07, 6.45) is 0.988. The third-order valence-corrected chi connectivity index (χ3v) is 4.54. The van der Waals surface area contributed by atoms with Gasteiger partial charge in [0.25, 0.3) is 0 Å². The van der Waals surface area contributed by atoms with Crippen LogP contribution in [0.3, 0.4) is 0 Å². The van der Waals surface area contributed by atoms with E-state index in [4.69, 9.17) is 9.47 Å². The molecule has 6 nitrogen and oxygen atoms in total. The van der Waals surface area contributed by atoms with Gasteiger partial charge in [-0.1, -0.05) is 30.3 Å². The molecule has 0 spiro atoms. The molecule has 0 unspecified atom stereocenters. The highest BCUT2D eigenvalue weighted by Gasteiger charge is 2.18. The van der Waals surface area contributed by atoms with E-state index in [-0.39, 0.29) is 5.91 Å². The van der Waals surface area contributed by atoms with Crippen molar-refractivity contribution in [2.24, 2.45) is 0 Å². The average Bonchev–Trinajstić information content (AvgIpc) is 2.73. The fraction of sp³-hybridized carbons (Fsp3) is 0.333. The minimum atomic E-state index is -0.469. The number of nitrogens with one attached hydrogen (secondary N) is 1. The first kappa shape index (κ1) is 18.9. The molecule has 0 saturated carbocycles. The van der Waals surface area contributed by atoms with Crippen molar-refractivity contribution in [2.75, 3.05) is 43.6 Å². The summed E-state index contributed by atoms with van der Waals surface area (Å²) in [5.41, 5.74) is 2.84. The molecule has 27 heavy (non-hydrogen) atoms. The molecule has 3 rings (SSSR count). The van der Waals surface area contributed by atoms with Crippen LogP contribution in [0.15, 0.2) is 48.5 Å². The Balaban J connectivity index is 1.71. The van der Waals surface area contributed by atoms with Crippen LogP contribution in [0.2, 0.25) is 0 Å². The Kier molecular flexibility index (Phi) is 6.44. The number of anilines is 2. The van der Waals surface area contributed by atoms with Gasteiger partial charge in [0.05, 0.1) is 31.6 Å². The van der Waals surface area contributed by atoms with Crippen LogP contribution in [0.4, 0.5) is 11.4 Å². The quantitative estimate of drug-likeness (QED) is 0.794. The number of hydrogen-bond donors (Lipinski definition) is 1. The molecular formula is C21H24N2O4. The largest absolute Gasteiger partial charge is 0.465 e. The highest BCUT2D eigenvalue weighted by molar-refractivity contribution is 6.02. The number of carbonyl (C=O) groups is 2. The predicted octanol–water partition coefficient (Wildman–Crippen LogP) is 2.88. The van der Waals surface area contributed by atoms with E-state index in [1.807, 2.05) is 36.4 Å². The molecule has 2 aromatic rings. The SMILES string of the molecule is COC(=O)c1cc(N2CCOCC2)ccc1NC(=O)CCc1ccccc1. The molecule has 6 heteroatoms. The van der Waals surface area contributed by atoms with Gasteiger partial charge in [-0.2, -0.15) is 0 Å². The van der Waals surface area contributed by atoms with E-state index in [1.54, 1.807) is 12.1 Å². The molecule has 0 atom stereocenters. The van der Waals surface area contributed by atoms with Gasteiger partial charge in [0, 0.05) is 25.2 Å². The lowest BCUT2D eigenvalue weighted by atomic mass is 10.1. The Morgan fingerprint density at radius 2 is 1.85 bits per heavy atom. The van der Waals surface area contributed by atoms with Crippen molar-refractivity contribution in [1.82, 2.24) is 0 Å². The molecule has 0 aromatic heterocycles. The second-order valence-electron chi connectivity index (χ2n) is 6.35. The molecule has 0 bridgehead atoms. The van der Waals surface area contributed by atoms with Crippen molar-refractivity contribution in [3.8, 4) is 0 Å². The number of esters is 1. The zero-order chi connectivity index (χ0) is 19.1. The van der Waals surface area contributed by atoms with Crippen LogP contribution in [-0.4, -0.2) is 45.3 Å². The van der Waals surface area contributed by atoms with Crippen LogP contribution in [0, 0.1) is 0 Å². The third kappa shape index (κ3) is 5.08. The Morgan fingerprint density at radius 3 is 2.56 bits per heavy atom. The van der Waals surface area contributed by atoms with Crippen molar-refractivity contribution < 1.29 is 19.1 Å². The maximum Gasteiger partial charge on any atom is 0.340 e. The van der Waals surface area contributed by atoms with Crippen LogP contribution in [-0.2, 0) is 20.7 Å². The van der Waals surface area contributed by atoms with Gasteiger partial charge in [-0.25, -0.2) is 4.79 Å². The number of morpholine rings is 1. The molecule has 1 amide bonds. The zero-order valence-electron chi connectivity index (χ0n) is 15.4. The number of ether oxygens (including phenoxy) is 2. The van der Waals surface area contributed by atoms with Crippen LogP contribution in [0.1, 0.15) is 22.3 Å². The average molecular weight is 368 g/mol. The van der Waals surface area contributed by atoms with E-state index >= 15 is 0 Å². The van der Waals surface area contributed by atoms with Gasteiger partial charge in [-0.3, -0.25) is 4.79 Å². The van der Waals surface area contributed by atoms with Gasteiger partial charge < -0.3 is 19.7 Å². The first-order valence-electron chi connectivity index (χ1n) is 9.06. The van der Waals surface area contributed by atoms with E-state index in [0.717, 1.165) is 24.3 Å². The molecule has 1 saturated heterocycles. The third-order valence-electron chi connectivity index (χ3n) is 4.54. The van der Waals surface area contributed by atoms with Crippen molar-refractivity contribution in [2.45, 2.75) is 12.8 Å². The van der Waals surface area contributed by atoms with Gasteiger partial charge in [0.15, 0.2) is 0 Å². The number of hydrogen-bond acceptors (Lipinski definition) is 5. The van der Waals surface area contributed by atoms with Gasteiger partial charge in [0.2, 0.25) is 5.91 Å². The normalized spacial score (nSPS) is 13.9. The molecule has 1 aliphatic rings. The van der Waals surface area contributed by atoms with Crippen molar-refractivity contribution in [3.05, 3.63) is 59.7 Å². The first-order valence-corrected chi connectivity index (χ1v) is 9.06. The van der Waals surface area contributed by atoms with E-state index < -0.39 is 5.97 Å². The van der Waals surface area contributed by atoms with Gasteiger partial charge in [0.1, 0.15) is 0 Å². The summed E-state index contributed by atoms with van der Waals surface area (Å²) < 4.78 is 10.3. The highest BCUT2D eigenvalue weighted by Crippen LogP contribution is 2.25. The number of methoxy groups -OCH3 is 1. The van der Waals surface area contributed by atoms with Crippen LogP contribution in [0.5, 0.6) is 0 Å². The lowest BCUT2D eigenvalue weighted by Gasteiger charge is -2.29. The molecule has 0 radical (unpaired) electrons. The lowest BCUT2D eigenvalue weighted by molar-refractivity contribution is -0.116.